The predicted octanol–water partition coefficient (Wildman–Crippen LogP) is 0.998. The second kappa shape index (κ2) is 4.44. The molecule has 3 N–H and O–H groups in total. The van der Waals surface area contributed by atoms with E-state index in [0.29, 0.717) is 6.42 Å². The van der Waals surface area contributed by atoms with Crippen LogP contribution in [0, 0.1) is 0 Å². The first-order valence-corrected chi connectivity index (χ1v) is 5.42. The molecule has 2 rings (SSSR count). The van der Waals surface area contributed by atoms with Gasteiger partial charge in [0.05, 0.1) is 0 Å². The van der Waals surface area contributed by atoms with E-state index in [2.05, 4.69) is 15.5 Å². The first-order chi connectivity index (χ1) is 8.13. The van der Waals surface area contributed by atoms with Crippen molar-refractivity contribution in [3.63, 3.8) is 0 Å². The molecule has 0 aliphatic carbocycles. The van der Waals surface area contributed by atoms with Crippen LogP contribution in [-0.4, -0.2) is 33.3 Å². The predicted molar refractivity (Wildman–Crippen MR) is 58.1 cm³/mol. The zero-order chi connectivity index (χ0) is 12.4. The van der Waals surface area contributed by atoms with Crippen LogP contribution in [0.3, 0.4) is 0 Å². The molecule has 0 saturated carbocycles. The fourth-order valence-electron chi connectivity index (χ4n) is 1.65. The van der Waals surface area contributed by atoms with Crippen molar-refractivity contribution in [2.75, 3.05) is 5.32 Å². The maximum Gasteiger partial charge on any atom is 0.357 e. The highest BCUT2D eigenvalue weighted by Crippen LogP contribution is 2.32. The summed E-state index contributed by atoms with van der Waals surface area (Å²) in [6.45, 7) is 2.01. The Hall–Kier alpha value is -2.05. The fraction of sp³-hybridized carbons (Fsp3) is 0.500. The van der Waals surface area contributed by atoms with Crippen LogP contribution in [0.5, 0.6) is 5.75 Å². The summed E-state index contributed by atoms with van der Waals surface area (Å²) in [7, 11) is 0. The second-order valence-corrected chi connectivity index (χ2v) is 3.82. The number of aromatic nitrogens is 2. The Morgan fingerprint density at radius 3 is 3.00 bits per heavy atom. The van der Waals surface area contributed by atoms with Crippen LogP contribution in [0.4, 0.5) is 5.82 Å². The topological polar surface area (TPSA) is 104 Å². The number of fused-ring (bicyclic) bond motifs is 1. The average Bonchev–Trinajstić information content (AvgIpc) is 2.68. The Morgan fingerprint density at radius 1 is 1.59 bits per heavy atom. The molecule has 0 radical (unpaired) electrons. The molecule has 92 valence electrons. The first kappa shape index (κ1) is 11.4. The molecule has 2 heterocycles. The quantitative estimate of drug-likeness (QED) is 0.727. The lowest BCUT2D eigenvalue weighted by molar-refractivity contribution is -0.123. The molecule has 0 aromatic carbocycles. The number of anilines is 1. The lowest BCUT2D eigenvalue weighted by Gasteiger charge is -2.22. The lowest BCUT2D eigenvalue weighted by Crippen LogP contribution is -2.37. The molecule has 0 fully saturated rings. The van der Waals surface area contributed by atoms with Gasteiger partial charge in [0.25, 0.3) is 5.91 Å². The van der Waals surface area contributed by atoms with Gasteiger partial charge in [-0.2, -0.15) is 5.10 Å². The number of rotatable bonds is 4. The van der Waals surface area contributed by atoms with E-state index in [0.717, 1.165) is 12.8 Å². The molecule has 0 bridgehead atoms. The van der Waals surface area contributed by atoms with E-state index in [-0.39, 0.29) is 23.2 Å². The molecule has 1 amide bonds. The number of nitrogens with one attached hydrogen (secondary N) is 2. The van der Waals surface area contributed by atoms with Gasteiger partial charge in [0.15, 0.2) is 23.4 Å². The number of carbonyl (C=O) groups excluding carboxylic acids is 1. The number of ether oxygens (including phenoxy) is 1. The molecule has 1 aliphatic rings. The fourth-order valence-corrected chi connectivity index (χ4v) is 1.65. The average molecular weight is 239 g/mol. The van der Waals surface area contributed by atoms with E-state index < -0.39 is 12.1 Å². The van der Waals surface area contributed by atoms with E-state index in [1.165, 1.54) is 0 Å². The molecule has 0 saturated heterocycles. The third-order valence-corrected chi connectivity index (χ3v) is 2.55. The highest BCUT2D eigenvalue weighted by Gasteiger charge is 2.32. The van der Waals surface area contributed by atoms with Gasteiger partial charge in [0, 0.05) is 0 Å². The maximum absolute atomic E-state index is 11.6. The standard InChI is InChI=1S/C10H13N3O4/c1-2-3-4-5-9(14)11-8-7(17-5)6(10(15)16)12-13-8/h5H,2-4H2,1H3,(H,15,16)(H2,11,12,13,14). The Labute approximate surface area is 97.2 Å². The van der Waals surface area contributed by atoms with Crippen LogP contribution in [-0.2, 0) is 4.79 Å². The molecule has 7 heteroatoms. The van der Waals surface area contributed by atoms with Gasteiger partial charge in [-0.25, -0.2) is 4.79 Å². The number of unbranched alkanes of at least 4 members (excludes halogenated alkanes) is 1. The Balaban J connectivity index is 2.22. The minimum atomic E-state index is -1.16. The van der Waals surface area contributed by atoms with Crippen LogP contribution < -0.4 is 10.1 Å². The minimum Gasteiger partial charge on any atom is -0.476 e. The lowest BCUT2D eigenvalue weighted by atomic mass is 10.1. The monoisotopic (exact) mass is 239 g/mol. The van der Waals surface area contributed by atoms with Gasteiger partial charge in [0.1, 0.15) is 0 Å². The first-order valence-electron chi connectivity index (χ1n) is 5.42. The van der Waals surface area contributed by atoms with Gasteiger partial charge in [-0.05, 0) is 12.8 Å². The number of hydrogen-bond acceptors (Lipinski definition) is 4. The van der Waals surface area contributed by atoms with Crippen molar-refractivity contribution in [3.8, 4) is 5.75 Å². The summed E-state index contributed by atoms with van der Waals surface area (Å²) < 4.78 is 5.39. The number of H-pyrrole nitrogens is 1. The molecule has 1 aliphatic heterocycles. The molecule has 0 spiro atoms. The summed E-state index contributed by atoms with van der Waals surface area (Å²) in [6.07, 6.45) is 1.70. The Morgan fingerprint density at radius 2 is 2.35 bits per heavy atom. The van der Waals surface area contributed by atoms with Gasteiger partial charge in [-0.3, -0.25) is 9.89 Å². The van der Waals surface area contributed by atoms with E-state index in [4.69, 9.17) is 9.84 Å². The van der Waals surface area contributed by atoms with Crippen LogP contribution in [0.2, 0.25) is 0 Å². The number of carboxylic acid groups (broad SMARTS) is 1. The Bertz CT molecular complexity index is 454. The van der Waals surface area contributed by atoms with E-state index in [1.807, 2.05) is 6.92 Å². The second-order valence-electron chi connectivity index (χ2n) is 3.82. The maximum atomic E-state index is 11.6. The van der Waals surface area contributed by atoms with Crippen molar-refractivity contribution < 1.29 is 19.4 Å². The number of aromatic amines is 1. The largest absolute Gasteiger partial charge is 0.476 e. The zero-order valence-corrected chi connectivity index (χ0v) is 9.32. The van der Waals surface area contributed by atoms with Crippen LogP contribution in [0.15, 0.2) is 0 Å². The van der Waals surface area contributed by atoms with Crippen molar-refractivity contribution in [1.82, 2.24) is 10.2 Å². The summed E-state index contributed by atoms with van der Waals surface area (Å²) >= 11 is 0. The van der Waals surface area contributed by atoms with Gasteiger partial charge < -0.3 is 15.2 Å². The van der Waals surface area contributed by atoms with Crippen molar-refractivity contribution in [2.24, 2.45) is 0 Å². The van der Waals surface area contributed by atoms with E-state index in [1.54, 1.807) is 0 Å². The van der Waals surface area contributed by atoms with Crippen LogP contribution in [0.1, 0.15) is 36.7 Å². The number of nitrogens with zero attached hydrogens (tertiary/aromatic N) is 1. The summed E-state index contributed by atoms with van der Waals surface area (Å²) in [5, 5.41) is 17.4. The van der Waals surface area contributed by atoms with E-state index in [9.17, 15) is 9.59 Å². The van der Waals surface area contributed by atoms with Gasteiger partial charge in [-0.1, -0.05) is 13.3 Å². The minimum absolute atomic E-state index is 0.109. The molecule has 1 aromatic rings. The SMILES string of the molecule is CCCCC1Oc2c(n[nH]c2C(=O)O)NC1=O. The van der Waals surface area contributed by atoms with Crippen molar-refractivity contribution >= 4 is 17.7 Å². The number of amides is 1. The van der Waals surface area contributed by atoms with Crippen molar-refractivity contribution in [1.29, 1.82) is 0 Å². The summed E-state index contributed by atoms with van der Waals surface area (Å²) in [4.78, 5) is 22.5. The molecule has 1 unspecified atom stereocenters. The third kappa shape index (κ3) is 2.08. The molecule has 1 atom stereocenters. The van der Waals surface area contributed by atoms with Gasteiger partial charge in [0.2, 0.25) is 0 Å². The van der Waals surface area contributed by atoms with Crippen LogP contribution in [0.25, 0.3) is 0 Å². The summed E-state index contributed by atoms with van der Waals surface area (Å²) in [5.41, 5.74) is -0.138. The summed E-state index contributed by atoms with van der Waals surface area (Å²) in [6, 6.07) is 0. The normalized spacial score (nSPS) is 18.2. The Kier molecular flexibility index (Phi) is 2.99. The van der Waals surface area contributed by atoms with Gasteiger partial charge >= 0.3 is 5.97 Å². The van der Waals surface area contributed by atoms with E-state index >= 15 is 0 Å². The van der Waals surface area contributed by atoms with Gasteiger partial charge in [-0.15, -0.1) is 0 Å². The number of hydrogen-bond donors (Lipinski definition) is 3. The van der Waals surface area contributed by atoms with Crippen molar-refractivity contribution in [3.05, 3.63) is 5.69 Å². The third-order valence-electron chi connectivity index (χ3n) is 2.55. The zero-order valence-electron chi connectivity index (χ0n) is 9.32. The number of carboxylic acids is 1. The molecular formula is C10H13N3O4. The summed E-state index contributed by atoms with van der Waals surface area (Å²) in [5.74, 6) is -1.20. The number of carbonyl (C=O) groups is 2. The smallest absolute Gasteiger partial charge is 0.357 e. The highest BCUT2D eigenvalue weighted by atomic mass is 16.5. The molecule has 17 heavy (non-hydrogen) atoms. The number of aromatic carboxylic acids is 1. The van der Waals surface area contributed by atoms with Crippen molar-refractivity contribution in [2.45, 2.75) is 32.3 Å². The van der Waals surface area contributed by atoms with Crippen LogP contribution >= 0.6 is 0 Å². The molecular weight excluding hydrogens is 226 g/mol. The molecule has 7 nitrogen and oxygen atoms in total. The highest BCUT2D eigenvalue weighted by molar-refractivity contribution is 6.00. The molecule has 1 aromatic heterocycles.